The van der Waals surface area contributed by atoms with Gasteiger partial charge in [0.2, 0.25) is 0 Å². The number of carbonyl (C=O) groups is 1. The number of amides is 1. The number of hydrogen-bond acceptors (Lipinski definition) is 4. The molecule has 0 atom stereocenters. The Labute approximate surface area is 117 Å². The lowest BCUT2D eigenvalue weighted by Crippen LogP contribution is -2.21. The Morgan fingerprint density at radius 1 is 1.38 bits per heavy atom. The van der Waals surface area contributed by atoms with Crippen LogP contribution in [0.1, 0.15) is 15.9 Å². The molecule has 5 N–H and O–H groups in total. The third-order valence-corrected chi connectivity index (χ3v) is 2.69. The van der Waals surface area contributed by atoms with Crippen molar-refractivity contribution in [2.45, 2.75) is 0 Å². The third-order valence-electron chi connectivity index (χ3n) is 2.69. The molecule has 0 spiro atoms. The number of anilines is 1. The van der Waals surface area contributed by atoms with E-state index in [0.717, 1.165) is 6.07 Å². The van der Waals surface area contributed by atoms with Gasteiger partial charge in [0.1, 0.15) is 11.4 Å². The molecule has 0 saturated heterocycles. The number of hydrogen-bond donors (Lipinski definition) is 4. The van der Waals surface area contributed by atoms with E-state index in [-0.39, 0.29) is 22.6 Å². The van der Waals surface area contributed by atoms with Crippen LogP contribution in [0.25, 0.3) is 0 Å². The molecule has 1 amide bonds. The van der Waals surface area contributed by atoms with Crippen molar-refractivity contribution in [1.29, 1.82) is 0 Å². The maximum atomic E-state index is 13.8. The van der Waals surface area contributed by atoms with Crippen molar-refractivity contribution < 1.29 is 14.4 Å². The quantitative estimate of drug-likeness (QED) is 0.290. The maximum absolute atomic E-state index is 13.8. The van der Waals surface area contributed by atoms with E-state index < -0.39 is 17.2 Å². The van der Waals surface area contributed by atoms with Gasteiger partial charge in [0.15, 0.2) is 11.3 Å². The second kappa shape index (κ2) is 5.87. The minimum absolute atomic E-state index is 0.127. The molecule has 1 heterocycles. The first-order valence-electron chi connectivity index (χ1n) is 5.79. The monoisotopic (exact) mass is 290 g/mol. The van der Waals surface area contributed by atoms with Crippen LogP contribution in [0.15, 0.2) is 46.6 Å². The Balaban J connectivity index is 2.27. The molecule has 0 aliphatic heterocycles. The Morgan fingerprint density at radius 2 is 2.14 bits per heavy atom. The first-order chi connectivity index (χ1) is 10.0. The van der Waals surface area contributed by atoms with Gasteiger partial charge in [0.25, 0.3) is 5.91 Å². The Bertz CT molecular complexity index is 770. The van der Waals surface area contributed by atoms with Crippen LogP contribution in [-0.4, -0.2) is 21.9 Å². The molecule has 0 fully saturated rings. The molecule has 2 rings (SSSR count). The minimum atomic E-state index is -0.778. The van der Waals surface area contributed by atoms with Crippen molar-refractivity contribution in [3.05, 3.63) is 63.8 Å². The summed E-state index contributed by atoms with van der Waals surface area (Å²) in [4.78, 5) is 26.0. The summed E-state index contributed by atoms with van der Waals surface area (Å²) in [6.45, 7) is 0. The molecule has 1 aromatic carbocycles. The van der Waals surface area contributed by atoms with Crippen LogP contribution in [-0.2, 0) is 0 Å². The smallest absolute Gasteiger partial charge is 0.261 e. The van der Waals surface area contributed by atoms with Crippen LogP contribution in [0.3, 0.4) is 0 Å². The van der Waals surface area contributed by atoms with Crippen LogP contribution in [0, 0.1) is 5.82 Å². The van der Waals surface area contributed by atoms with Gasteiger partial charge in [0, 0.05) is 24.0 Å². The normalized spacial score (nSPS) is 11.2. The first kappa shape index (κ1) is 14.3. The lowest BCUT2D eigenvalue weighted by atomic mass is 10.1. The third kappa shape index (κ3) is 3.06. The highest BCUT2D eigenvalue weighted by Gasteiger charge is 2.13. The molecule has 0 radical (unpaired) electrons. The van der Waals surface area contributed by atoms with Gasteiger partial charge in [-0.05, 0) is 18.2 Å². The molecule has 0 saturated carbocycles. The number of aromatic nitrogens is 1. The molecule has 0 aliphatic rings. The highest BCUT2D eigenvalue weighted by Crippen LogP contribution is 2.16. The SMILES string of the molecule is N/C(=N/O)c1ccc(NC(=O)c2c[nH]ccc2=O)c(F)c1. The predicted octanol–water partition coefficient (Wildman–Crippen LogP) is 0.861. The van der Waals surface area contributed by atoms with Gasteiger partial charge in [0.05, 0.1) is 5.69 Å². The van der Waals surface area contributed by atoms with Crippen LogP contribution < -0.4 is 16.5 Å². The first-order valence-corrected chi connectivity index (χ1v) is 5.79. The molecule has 8 heteroatoms. The van der Waals surface area contributed by atoms with E-state index in [2.05, 4.69) is 15.5 Å². The molecule has 2 aromatic rings. The van der Waals surface area contributed by atoms with E-state index in [1.807, 2.05) is 0 Å². The summed E-state index contributed by atoms with van der Waals surface area (Å²) in [6, 6.07) is 4.80. The molecule has 0 unspecified atom stereocenters. The van der Waals surface area contributed by atoms with E-state index in [9.17, 15) is 14.0 Å². The predicted molar refractivity (Wildman–Crippen MR) is 73.9 cm³/mol. The number of aromatic amines is 1. The van der Waals surface area contributed by atoms with Crippen LogP contribution in [0.4, 0.5) is 10.1 Å². The van der Waals surface area contributed by atoms with E-state index in [4.69, 9.17) is 10.9 Å². The molecule has 21 heavy (non-hydrogen) atoms. The largest absolute Gasteiger partial charge is 0.409 e. The van der Waals surface area contributed by atoms with Crippen molar-refractivity contribution in [1.82, 2.24) is 4.98 Å². The lowest BCUT2D eigenvalue weighted by molar-refractivity contribution is 0.102. The highest BCUT2D eigenvalue weighted by atomic mass is 19.1. The zero-order valence-electron chi connectivity index (χ0n) is 10.6. The van der Waals surface area contributed by atoms with Gasteiger partial charge >= 0.3 is 0 Å². The second-order valence-corrected chi connectivity index (χ2v) is 4.06. The number of amidine groups is 1. The summed E-state index contributed by atoms with van der Waals surface area (Å²) < 4.78 is 13.8. The van der Waals surface area contributed by atoms with Crippen molar-refractivity contribution >= 4 is 17.4 Å². The summed E-state index contributed by atoms with van der Waals surface area (Å²) in [5, 5.41) is 13.5. The van der Waals surface area contributed by atoms with E-state index in [1.165, 1.54) is 30.6 Å². The maximum Gasteiger partial charge on any atom is 0.261 e. The molecule has 0 aliphatic carbocycles. The van der Waals surface area contributed by atoms with Gasteiger partial charge in [-0.2, -0.15) is 0 Å². The fourth-order valence-electron chi connectivity index (χ4n) is 1.62. The average Bonchev–Trinajstić information content (AvgIpc) is 2.48. The number of nitrogens with zero attached hydrogens (tertiary/aromatic N) is 1. The zero-order chi connectivity index (χ0) is 15.4. The van der Waals surface area contributed by atoms with Crippen molar-refractivity contribution in [3.8, 4) is 0 Å². The molecule has 7 nitrogen and oxygen atoms in total. The van der Waals surface area contributed by atoms with Crippen molar-refractivity contribution in [3.63, 3.8) is 0 Å². The average molecular weight is 290 g/mol. The van der Waals surface area contributed by atoms with Gasteiger partial charge in [-0.25, -0.2) is 4.39 Å². The fraction of sp³-hybridized carbons (Fsp3) is 0. The molecular formula is C13H11FN4O3. The number of rotatable bonds is 3. The van der Waals surface area contributed by atoms with Gasteiger partial charge in [-0.15, -0.1) is 0 Å². The van der Waals surface area contributed by atoms with Crippen molar-refractivity contribution in [2.75, 3.05) is 5.32 Å². The zero-order valence-corrected chi connectivity index (χ0v) is 10.6. The van der Waals surface area contributed by atoms with E-state index >= 15 is 0 Å². The van der Waals surface area contributed by atoms with Crippen LogP contribution >= 0.6 is 0 Å². The summed E-state index contributed by atoms with van der Waals surface area (Å²) in [7, 11) is 0. The number of nitrogens with two attached hydrogens (primary N) is 1. The highest BCUT2D eigenvalue weighted by molar-refractivity contribution is 6.04. The summed E-state index contributed by atoms with van der Waals surface area (Å²) in [5.41, 5.74) is 4.73. The number of pyridine rings is 1. The van der Waals surface area contributed by atoms with E-state index in [0.29, 0.717) is 0 Å². The summed E-state index contributed by atoms with van der Waals surface area (Å²) in [5.74, 6) is -1.78. The van der Waals surface area contributed by atoms with Crippen LogP contribution in [0.5, 0.6) is 0 Å². The Hall–Kier alpha value is -3.16. The Morgan fingerprint density at radius 3 is 2.76 bits per heavy atom. The minimum Gasteiger partial charge on any atom is -0.409 e. The number of halogens is 1. The van der Waals surface area contributed by atoms with Gasteiger partial charge in [-0.1, -0.05) is 5.16 Å². The molecular weight excluding hydrogens is 279 g/mol. The second-order valence-electron chi connectivity index (χ2n) is 4.06. The topological polar surface area (TPSA) is 121 Å². The standard InChI is InChI=1S/C13H11FN4O3/c14-9-5-7(12(15)18-21)1-2-10(9)17-13(20)8-6-16-4-3-11(8)19/h1-6,21H,(H2,15,18)(H,16,19)(H,17,20). The molecule has 0 bridgehead atoms. The number of nitrogens with one attached hydrogen (secondary N) is 2. The van der Waals surface area contributed by atoms with Crippen molar-refractivity contribution in [2.24, 2.45) is 10.9 Å². The van der Waals surface area contributed by atoms with E-state index in [1.54, 1.807) is 0 Å². The van der Waals surface area contributed by atoms with Crippen LogP contribution in [0.2, 0.25) is 0 Å². The Kier molecular flexibility index (Phi) is 3.98. The van der Waals surface area contributed by atoms with Gasteiger partial charge < -0.3 is 21.2 Å². The summed E-state index contributed by atoms with van der Waals surface area (Å²) in [6.07, 6.45) is 2.60. The fourth-order valence-corrected chi connectivity index (χ4v) is 1.62. The number of H-pyrrole nitrogens is 1. The number of oxime groups is 1. The summed E-state index contributed by atoms with van der Waals surface area (Å²) >= 11 is 0. The lowest BCUT2D eigenvalue weighted by Gasteiger charge is -2.07. The number of benzene rings is 1. The molecule has 108 valence electrons. The van der Waals surface area contributed by atoms with Gasteiger partial charge in [-0.3, -0.25) is 9.59 Å². The number of carbonyl (C=O) groups excluding carboxylic acids is 1. The molecule has 1 aromatic heterocycles.